The molecule has 1 unspecified atom stereocenters. The molecule has 1 aromatic heterocycles. The molecule has 1 rings (SSSR count). The molecular formula is C15H28N4OS. The number of nitrogens with zero attached hydrogens (tertiary/aromatic N) is 3. The third-order valence-electron chi connectivity index (χ3n) is 3.77. The van der Waals surface area contributed by atoms with Crippen molar-refractivity contribution in [2.45, 2.75) is 53.0 Å². The van der Waals surface area contributed by atoms with Crippen molar-refractivity contribution < 1.29 is 4.79 Å². The SMILES string of the molecule is CCCCN(C(=O)c1sc(N(C)CC)nc1N)C(C)CC. The van der Waals surface area contributed by atoms with Gasteiger partial charge in [0.15, 0.2) is 5.13 Å². The van der Waals surface area contributed by atoms with Crippen LogP contribution in [-0.2, 0) is 0 Å². The summed E-state index contributed by atoms with van der Waals surface area (Å²) in [6.07, 6.45) is 3.02. The molecule has 0 saturated heterocycles. The lowest BCUT2D eigenvalue weighted by molar-refractivity contribution is 0.0691. The van der Waals surface area contributed by atoms with Gasteiger partial charge in [-0.1, -0.05) is 31.6 Å². The van der Waals surface area contributed by atoms with Crippen LogP contribution in [0.15, 0.2) is 0 Å². The number of aromatic nitrogens is 1. The van der Waals surface area contributed by atoms with Gasteiger partial charge in [-0.05, 0) is 26.7 Å². The molecule has 0 spiro atoms. The van der Waals surface area contributed by atoms with E-state index in [9.17, 15) is 4.79 Å². The minimum absolute atomic E-state index is 0.0172. The van der Waals surface area contributed by atoms with Crippen LogP contribution in [0.25, 0.3) is 0 Å². The molecule has 1 amide bonds. The number of thiazole rings is 1. The van der Waals surface area contributed by atoms with Crippen LogP contribution in [0.1, 0.15) is 56.6 Å². The van der Waals surface area contributed by atoms with Gasteiger partial charge in [-0.2, -0.15) is 0 Å². The smallest absolute Gasteiger partial charge is 0.268 e. The van der Waals surface area contributed by atoms with E-state index >= 15 is 0 Å². The second-order valence-electron chi connectivity index (χ2n) is 5.33. The monoisotopic (exact) mass is 312 g/mol. The highest BCUT2D eigenvalue weighted by Crippen LogP contribution is 2.29. The fourth-order valence-electron chi connectivity index (χ4n) is 1.97. The van der Waals surface area contributed by atoms with E-state index in [0.717, 1.165) is 37.5 Å². The van der Waals surface area contributed by atoms with E-state index in [0.29, 0.717) is 10.7 Å². The zero-order valence-electron chi connectivity index (χ0n) is 13.8. The number of rotatable bonds is 8. The van der Waals surface area contributed by atoms with Crippen molar-refractivity contribution in [3.05, 3.63) is 4.88 Å². The molecule has 0 aliphatic heterocycles. The summed E-state index contributed by atoms with van der Waals surface area (Å²) in [5.74, 6) is 0.369. The van der Waals surface area contributed by atoms with Gasteiger partial charge in [-0.15, -0.1) is 0 Å². The van der Waals surface area contributed by atoms with E-state index in [-0.39, 0.29) is 11.9 Å². The minimum Gasteiger partial charge on any atom is -0.382 e. The zero-order chi connectivity index (χ0) is 16.0. The maximum Gasteiger partial charge on any atom is 0.268 e. The van der Waals surface area contributed by atoms with E-state index in [2.05, 4.69) is 25.8 Å². The first kappa shape index (κ1) is 17.8. The Morgan fingerprint density at radius 1 is 1.38 bits per heavy atom. The zero-order valence-corrected chi connectivity index (χ0v) is 14.7. The molecule has 2 N–H and O–H groups in total. The molecule has 21 heavy (non-hydrogen) atoms. The molecule has 0 aliphatic carbocycles. The minimum atomic E-state index is 0.0172. The molecule has 0 aliphatic rings. The Balaban J connectivity index is 3.00. The van der Waals surface area contributed by atoms with Crippen molar-refractivity contribution in [1.29, 1.82) is 0 Å². The van der Waals surface area contributed by atoms with Gasteiger partial charge < -0.3 is 15.5 Å². The van der Waals surface area contributed by atoms with E-state index < -0.39 is 0 Å². The van der Waals surface area contributed by atoms with Gasteiger partial charge >= 0.3 is 0 Å². The summed E-state index contributed by atoms with van der Waals surface area (Å²) in [6.45, 7) is 9.99. The Hall–Kier alpha value is -1.30. The molecule has 0 fully saturated rings. The van der Waals surface area contributed by atoms with Crippen molar-refractivity contribution in [3.63, 3.8) is 0 Å². The highest BCUT2D eigenvalue weighted by atomic mass is 32.1. The van der Waals surface area contributed by atoms with Crippen molar-refractivity contribution in [2.75, 3.05) is 30.8 Å². The van der Waals surface area contributed by atoms with Gasteiger partial charge in [0.25, 0.3) is 5.91 Å². The van der Waals surface area contributed by atoms with Gasteiger partial charge in [-0.25, -0.2) is 4.98 Å². The van der Waals surface area contributed by atoms with Gasteiger partial charge in [0.1, 0.15) is 10.7 Å². The Labute approximate surface area is 132 Å². The summed E-state index contributed by atoms with van der Waals surface area (Å²) in [4.78, 5) is 21.6. The molecule has 120 valence electrons. The summed E-state index contributed by atoms with van der Waals surface area (Å²) in [7, 11) is 1.95. The molecule has 1 heterocycles. The Kier molecular flexibility index (Phi) is 6.95. The quantitative estimate of drug-likeness (QED) is 0.800. The number of nitrogen functional groups attached to an aromatic ring is 1. The van der Waals surface area contributed by atoms with E-state index in [4.69, 9.17) is 5.73 Å². The van der Waals surface area contributed by atoms with Gasteiger partial charge in [0.05, 0.1) is 0 Å². The summed E-state index contributed by atoms with van der Waals surface area (Å²) >= 11 is 1.39. The number of carbonyl (C=O) groups excluding carboxylic acids is 1. The van der Waals surface area contributed by atoms with Crippen LogP contribution in [0.5, 0.6) is 0 Å². The summed E-state index contributed by atoms with van der Waals surface area (Å²) < 4.78 is 0. The summed E-state index contributed by atoms with van der Waals surface area (Å²) in [5, 5.41) is 0.804. The van der Waals surface area contributed by atoms with E-state index in [1.165, 1.54) is 11.3 Å². The maximum absolute atomic E-state index is 12.8. The Morgan fingerprint density at radius 3 is 2.57 bits per heavy atom. The van der Waals surface area contributed by atoms with Gasteiger partial charge in [-0.3, -0.25) is 4.79 Å². The molecule has 0 aromatic carbocycles. The van der Waals surface area contributed by atoms with Crippen molar-refractivity contribution in [3.8, 4) is 0 Å². The first-order chi connectivity index (χ1) is 9.96. The van der Waals surface area contributed by atoms with Crippen LogP contribution in [0, 0.1) is 0 Å². The van der Waals surface area contributed by atoms with Crippen LogP contribution in [0.2, 0.25) is 0 Å². The topological polar surface area (TPSA) is 62.5 Å². The standard InChI is InChI=1S/C15H28N4OS/c1-6-9-10-19(11(4)7-2)14(20)12-13(16)17-15(21-12)18(5)8-3/h11H,6-10,16H2,1-5H3. The second-order valence-corrected chi connectivity index (χ2v) is 6.31. The van der Waals surface area contributed by atoms with Gasteiger partial charge in [0, 0.05) is 26.2 Å². The average molecular weight is 312 g/mol. The molecule has 1 atom stereocenters. The fourth-order valence-corrected chi connectivity index (χ4v) is 2.94. The predicted molar refractivity (Wildman–Crippen MR) is 91.2 cm³/mol. The lowest BCUT2D eigenvalue weighted by atomic mass is 10.2. The molecule has 5 nitrogen and oxygen atoms in total. The second kappa shape index (κ2) is 8.22. The summed E-state index contributed by atoms with van der Waals surface area (Å²) in [5.41, 5.74) is 5.97. The van der Waals surface area contributed by atoms with Crippen LogP contribution in [0.3, 0.4) is 0 Å². The average Bonchev–Trinajstić information content (AvgIpc) is 2.88. The number of carbonyl (C=O) groups is 1. The summed E-state index contributed by atoms with van der Waals surface area (Å²) in [6, 6.07) is 0.220. The maximum atomic E-state index is 12.8. The number of nitrogens with two attached hydrogens (primary N) is 1. The Bertz CT molecular complexity index is 461. The predicted octanol–water partition coefficient (Wildman–Crippen LogP) is 3.22. The largest absolute Gasteiger partial charge is 0.382 e. The number of anilines is 2. The van der Waals surface area contributed by atoms with Crippen molar-refractivity contribution >= 4 is 28.2 Å². The van der Waals surface area contributed by atoms with Crippen LogP contribution >= 0.6 is 11.3 Å². The lowest BCUT2D eigenvalue weighted by Gasteiger charge is -2.28. The van der Waals surface area contributed by atoms with Crippen molar-refractivity contribution in [2.24, 2.45) is 0 Å². The first-order valence-corrected chi connectivity index (χ1v) is 8.56. The number of unbranched alkanes of at least 4 members (excludes halogenated alkanes) is 1. The molecule has 6 heteroatoms. The number of hydrogen-bond donors (Lipinski definition) is 1. The van der Waals surface area contributed by atoms with E-state index in [1.54, 1.807) is 0 Å². The molecule has 0 radical (unpaired) electrons. The highest BCUT2D eigenvalue weighted by Gasteiger charge is 2.25. The third kappa shape index (κ3) is 4.33. The molecule has 0 bridgehead atoms. The Morgan fingerprint density at radius 2 is 2.05 bits per heavy atom. The normalized spacial score (nSPS) is 12.2. The fraction of sp³-hybridized carbons (Fsp3) is 0.733. The van der Waals surface area contributed by atoms with Crippen LogP contribution in [0.4, 0.5) is 10.9 Å². The van der Waals surface area contributed by atoms with E-state index in [1.807, 2.05) is 23.8 Å². The van der Waals surface area contributed by atoms with Gasteiger partial charge in [0.2, 0.25) is 0 Å². The van der Waals surface area contributed by atoms with Crippen LogP contribution in [-0.4, -0.2) is 42.0 Å². The number of amides is 1. The highest BCUT2D eigenvalue weighted by molar-refractivity contribution is 7.18. The molecule has 0 saturated carbocycles. The van der Waals surface area contributed by atoms with Crippen molar-refractivity contribution in [1.82, 2.24) is 9.88 Å². The molecular weight excluding hydrogens is 284 g/mol. The molecule has 1 aromatic rings. The van der Waals surface area contributed by atoms with Crippen LogP contribution < -0.4 is 10.6 Å². The number of hydrogen-bond acceptors (Lipinski definition) is 5. The third-order valence-corrected chi connectivity index (χ3v) is 4.95. The first-order valence-electron chi connectivity index (χ1n) is 7.74. The lowest BCUT2D eigenvalue weighted by Crippen LogP contribution is -2.39.